The molecule has 4 rings (SSSR count). The Hall–Kier alpha value is -4.82. The van der Waals surface area contributed by atoms with Gasteiger partial charge in [-0.05, 0) is 71.1 Å². The van der Waals surface area contributed by atoms with Crippen LogP contribution < -0.4 is 14.8 Å². The second-order valence-electron chi connectivity index (χ2n) is 9.76. The summed E-state index contributed by atoms with van der Waals surface area (Å²) in [5.74, 6) is -0.343. The van der Waals surface area contributed by atoms with Gasteiger partial charge in [-0.2, -0.15) is 0 Å². The molecule has 0 saturated heterocycles. The molecule has 4 aromatic carbocycles. The van der Waals surface area contributed by atoms with E-state index in [-0.39, 0.29) is 31.3 Å². The molecule has 0 unspecified atom stereocenters. The number of benzene rings is 4. The molecule has 0 aliphatic rings. The molecule has 0 atom stereocenters. The van der Waals surface area contributed by atoms with Crippen LogP contribution in [-0.4, -0.2) is 55.1 Å². The van der Waals surface area contributed by atoms with Crippen LogP contribution in [-0.2, 0) is 17.8 Å². The van der Waals surface area contributed by atoms with Crippen molar-refractivity contribution >= 4 is 29.4 Å². The van der Waals surface area contributed by atoms with E-state index in [0.717, 1.165) is 11.1 Å². The minimum atomic E-state index is -1.01. The van der Waals surface area contributed by atoms with Crippen LogP contribution in [0.3, 0.4) is 0 Å². The standard InChI is InChI=1S/C34H33ClN2O6/c1-42-26-15-16-31(43-2)24(21-26)17-19-37(20-18-32(38)39)34(41)30-10-6-4-8-28(30)27-7-3-5-9-29(27)33(40)36-22-23-11-13-25(35)14-12-23/h3-16,21H,17-20,22H2,1-2H3,(H,36,40)(H,38,39). The Labute approximate surface area is 255 Å². The number of hydrogen-bond donors (Lipinski definition) is 2. The average Bonchev–Trinajstić information content (AvgIpc) is 3.03. The van der Waals surface area contributed by atoms with Crippen molar-refractivity contribution in [2.24, 2.45) is 0 Å². The number of carbonyl (C=O) groups is 3. The lowest BCUT2D eigenvalue weighted by atomic mass is 9.94. The number of nitrogens with zero attached hydrogens (tertiary/aromatic N) is 1. The third-order valence-electron chi connectivity index (χ3n) is 7.01. The highest BCUT2D eigenvalue weighted by Crippen LogP contribution is 2.29. The van der Waals surface area contributed by atoms with E-state index >= 15 is 0 Å². The van der Waals surface area contributed by atoms with Gasteiger partial charge < -0.3 is 24.8 Å². The molecule has 4 aromatic rings. The summed E-state index contributed by atoms with van der Waals surface area (Å²) in [5.41, 5.74) is 3.66. The zero-order valence-electron chi connectivity index (χ0n) is 24.0. The highest BCUT2D eigenvalue weighted by Gasteiger charge is 2.23. The lowest BCUT2D eigenvalue weighted by Gasteiger charge is -2.24. The van der Waals surface area contributed by atoms with Crippen molar-refractivity contribution in [1.82, 2.24) is 10.2 Å². The molecule has 2 amide bonds. The lowest BCUT2D eigenvalue weighted by Crippen LogP contribution is -2.35. The Kier molecular flexibility index (Phi) is 10.8. The number of amides is 2. The van der Waals surface area contributed by atoms with Crippen molar-refractivity contribution in [1.29, 1.82) is 0 Å². The third-order valence-corrected chi connectivity index (χ3v) is 7.26. The van der Waals surface area contributed by atoms with E-state index in [1.54, 1.807) is 80.9 Å². The molecule has 0 aliphatic heterocycles. The first kappa shape index (κ1) is 31.1. The predicted octanol–water partition coefficient (Wildman–Crippen LogP) is 6.11. The molecular formula is C34H33ClN2O6. The Morgan fingerprint density at radius 2 is 1.47 bits per heavy atom. The van der Waals surface area contributed by atoms with Gasteiger partial charge >= 0.3 is 5.97 Å². The number of aliphatic carboxylic acids is 1. The van der Waals surface area contributed by atoms with Gasteiger partial charge in [-0.15, -0.1) is 0 Å². The molecule has 9 heteroatoms. The van der Waals surface area contributed by atoms with Crippen LogP contribution in [0.2, 0.25) is 5.02 Å². The number of hydrogen-bond acceptors (Lipinski definition) is 5. The van der Waals surface area contributed by atoms with Gasteiger partial charge in [0.15, 0.2) is 0 Å². The Bertz CT molecular complexity index is 1590. The second-order valence-corrected chi connectivity index (χ2v) is 10.2. The number of carbonyl (C=O) groups excluding carboxylic acids is 2. The van der Waals surface area contributed by atoms with E-state index < -0.39 is 5.97 Å². The fourth-order valence-electron chi connectivity index (χ4n) is 4.75. The van der Waals surface area contributed by atoms with E-state index in [4.69, 9.17) is 21.1 Å². The van der Waals surface area contributed by atoms with E-state index in [9.17, 15) is 19.5 Å². The molecule has 43 heavy (non-hydrogen) atoms. The molecule has 0 bridgehead atoms. The van der Waals surface area contributed by atoms with Crippen LogP contribution in [0, 0.1) is 0 Å². The Morgan fingerprint density at radius 3 is 2.12 bits per heavy atom. The Balaban J connectivity index is 1.62. The topological polar surface area (TPSA) is 105 Å². The summed E-state index contributed by atoms with van der Waals surface area (Å²) in [4.78, 5) is 40.4. The summed E-state index contributed by atoms with van der Waals surface area (Å²) in [6.45, 7) is 0.562. The van der Waals surface area contributed by atoms with E-state index in [1.165, 1.54) is 4.90 Å². The highest BCUT2D eigenvalue weighted by atomic mass is 35.5. The maximum absolute atomic E-state index is 14.0. The summed E-state index contributed by atoms with van der Waals surface area (Å²) in [5, 5.41) is 13.0. The maximum Gasteiger partial charge on any atom is 0.305 e. The van der Waals surface area contributed by atoms with Crippen LogP contribution >= 0.6 is 11.6 Å². The van der Waals surface area contributed by atoms with Gasteiger partial charge in [0.05, 0.1) is 20.6 Å². The number of carboxylic acids is 1. The SMILES string of the molecule is COc1ccc(OC)c(CCN(CCC(=O)O)C(=O)c2ccccc2-c2ccccc2C(=O)NCc2ccc(Cl)cc2)c1. The molecule has 0 radical (unpaired) electrons. The van der Waals surface area contributed by atoms with Crippen molar-refractivity contribution in [2.45, 2.75) is 19.4 Å². The van der Waals surface area contributed by atoms with Crippen molar-refractivity contribution < 1.29 is 29.0 Å². The molecule has 0 spiro atoms. The minimum Gasteiger partial charge on any atom is -0.497 e. The van der Waals surface area contributed by atoms with E-state index in [2.05, 4.69) is 5.32 Å². The van der Waals surface area contributed by atoms with Gasteiger partial charge in [-0.3, -0.25) is 14.4 Å². The van der Waals surface area contributed by atoms with Gasteiger partial charge in [-0.25, -0.2) is 0 Å². The van der Waals surface area contributed by atoms with E-state index in [0.29, 0.717) is 51.7 Å². The average molecular weight is 601 g/mol. The number of ether oxygens (including phenoxy) is 2. The fourth-order valence-corrected chi connectivity index (χ4v) is 4.87. The second kappa shape index (κ2) is 14.9. The maximum atomic E-state index is 14.0. The van der Waals surface area contributed by atoms with Gasteiger partial charge in [-0.1, -0.05) is 60.1 Å². The van der Waals surface area contributed by atoms with E-state index in [1.807, 2.05) is 24.3 Å². The summed E-state index contributed by atoms with van der Waals surface area (Å²) in [7, 11) is 3.14. The predicted molar refractivity (Wildman–Crippen MR) is 166 cm³/mol. The highest BCUT2D eigenvalue weighted by molar-refractivity contribution is 6.30. The van der Waals surface area contributed by atoms with Crippen LogP contribution in [0.1, 0.15) is 38.3 Å². The molecule has 8 nitrogen and oxygen atoms in total. The largest absolute Gasteiger partial charge is 0.497 e. The first-order chi connectivity index (χ1) is 20.8. The first-order valence-electron chi connectivity index (χ1n) is 13.7. The normalized spacial score (nSPS) is 10.6. The number of carboxylic acid groups (broad SMARTS) is 1. The zero-order chi connectivity index (χ0) is 30.8. The van der Waals surface area contributed by atoms with Gasteiger partial charge in [0.2, 0.25) is 0 Å². The van der Waals surface area contributed by atoms with Gasteiger partial charge in [0, 0.05) is 35.8 Å². The third kappa shape index (κ3) is 8.14. The smallest absolute Gasteiger partial charge is 0.305 e. The van der Waals surface area contributed by atoms with Crippen molar-refractivity contribution in [2.75, 3.05) is 27.3 Å². The van der Waals surface area contributed by atoms with Crippen LogP contribution in [0.15, 0.2) is 91.0 Å². The summed E-state index contributed by atoms with van der Waals surface area (Å²) < 4.78 is 10.8. The summed E-state index contributed by atoms with van der Waals surface area (Å²) in [6, 6.07) is 26.8. The lowest BCUT2D eigenvalue weighted by molar-refractivity contribution is -0.137. The molecule has 0 aromatic heterocycles. The number of nitrogens with one attached hydrogen (secondary N) is 1. The van der Waals surface area contributed by atoms with Crippen molar-refractivity contribution in [3.8, 4) is 22.6 Å². The van der Waals surface area contributed by atoms with Crippen LogP contribution in [0.4, 0.5) is 0 Å². The zero-order valence-corrected chi connectivity index (χ0v) is 24.8. The molecule has 222 valence electrons. The Morgan fingerprint density at radius 1 is 0.814 bits per heavy atom. The molecule has 0 heterocycles. The number of halogens is 1. The first-order valence-corrected chi connectivity index (χ1v) is 14.1. The van der Waals surface area contributed by atoms with Crippen molar-refractivity contribution in [3.05, 3.63) is 118 Å². The molecule has 0 aliphatic carbocycles. The summed E-state index contributed by atoms with van der Waals surface area (Å²) >= 11 is 5.98. The number of rotatable bonds is 13. The van der Waals surface area contributed by atoms with Gasteiger partial charge in [0.25, 0.3) is 11.8 Å². The molecular weight excluding hydrogens is 568 g/mol. The van der Waals surface area contributed by atoms with Crippen LogP contribution in [0.25, 0.3) is 11.1 Å². The minimum absolute atomic E-state index is 0.0119. The number of methoxy groups -OCH3 is 2. The molecule has 0 fully saturated rings. The fraction of sp³-hybridized carbons (Fsp3) is 0.206. The monoisotopic (exact) mass is 600 g/mol. The van der Waals surface area contributed by atoms with Gasteiger partial charge in [0.1, 0.15) is 11.5 Å². The quantitative estimate of drug-likeness (QED) is 0.192. The molecule has 0 saturated carbocycles. The van der Waals surface area contributed by atoms with Crippen LogP contribution in [0.5, 0.6) is 11.5 Å². The van der Waals surface area contributed by atoms with Crippen molar-refractivity contribution in [3.63, 3.8) is 0 Å². The summed E-state index contributed by atoms with van der Waals surface area (Å²) in [6.07, 6.45) is 0.199. The molecule has 2 N–H and O–H groups in total.